The molecule has 0 saturated heterocycles. The molecule has 1 amide bonds. The Kier molecular flexibility index (Phi) is 3.19. The normalized spacial score (nSPS) is 12.9. The Morgan fingerprint density at radius 1 is 1.78 bits per heavy atom. The van der Waals surface area contributed by atoms with Gasteiger partial charge in [0.2, 0.25) is 0 Å². The first-order chi connectivity index (χ1) is 4.09. The van der Waals surface area contributed by atoms with Crippen molar-refractivity contribution >= 4 is 5.91 Å². The minimum Gasteiger partial charge on any atom is -0.383 e. The number of aliphatic hydroxyl groups is 1. The van der Waals surface area contributed by atoms with E-state index in [1.165, 1.54) is 21.1 Å². The first-order valence-electron chi connectivity index (χ1n) is 2.59. The van der Waals surface area contributed by atoms with Gasteiger partial charge in [-0.2, -0.15) is 0 Å². The first-order valence-corrected chi connectivity index (χ1v) is 2.59. The molecule has 9 heavy (non-hydrogen) atoms. The largest absolute Gasteiger partial charge is 0.383 e. The topological polar surface area (TPSA) is 49.8 Å². The zero-order chi connectivity index (χ0) is 7.44. The summed E-state index contributed by atoms with van der Waals surface area (Å²) in [4.78, 5) is 15.1. The number of rotatable bonds is 2. The highest BCUT2D eigenvalue weighted by molar-refractivity contribution is 5.78. The summed E-state index contributed by atoms with van der Waals surface area (Å²) in [5.41, 5.74) is 0. The molecule has 0 bridgehead atoms. The minimum atomic E-state index is -0.991. The number of aliphatic hydroxyl groups excluding tert-OH is 1. The van der Waals surface area contributed by atoms with Gasteiger partial charge in [0, 0.05) is 7.05 Å². The monoisotopic (exact) mass is 133 g/mol. The number of hydroxylamine groups is 2. The van der Waals surface area contributed by atoms with Gasteiger partial charge in [-0.25, -0.2) is 5.06 Å². The maximum Gasteiger partial charge on any atom is 0.274 e. The van der Waals surface area contributed by atoms with E-state index in [4.69, 9.17) is 5.11 Å². The average molecular weight is 133 g/mol. The van der Waals surface area contributed by atoms with Crippen molar-refractivity contribution in [2.45, 2.75) is 13.0 Å². The summed E-state index contributed by atoms with van der Waals surface area (Å²) in [6.07, 6.45) is -0.991. The van der Waals surface area contributed by atoms with E-state index in [1.807, 2.05) is 0 Å². The van der Waals surface area contributed by atoms with Crippen molar-refractivity contribution in [3.63, 3.8) is 0 Å². The fraction of sp³-hybridized carbons (Fsp3) is 0.800. The Labute approximate surface area is 54.0 Å². The first kappa shape index (κ1) is 8.39. The number of nitrogens with zero attached hydrogens (tertiary/aromatic N) is 1. The van der Waals surface area contributed by atoms with Gasteiger partial charge in [-0.05, 0) is 6.92 Å². The Morgan fingerprint density at radius 2 is 2.22 bits per heavy atom. The molecule has 0 spiro atoms. The van der Waals surface area contributed by atoms with Gasteiger partial charge in [0.05, 0.1) is 7.11 Å². The van der Waals surface area contributed by atoms with Crippen LogP contribution in [-0.4, -0.2) is 36.3 Å². The Balaban J connectivity index is 3.73. The van der Waals surface area contributed by atoms with Crippen LogP contribution >= 0.6 is 0 Å². The van der Waals surface area contributed by atoms with E-state index in [0.29, 0.717) is 0 Å². The number of hydrogen-bond acceptors (Lipinski definition) is 3. The quantitative estimate of drug-likeness (QED) is 0.511. The maximum atomic E-state index is 10.6. The van der Waals surface area contributed by atoms with Crippen LogP contribution in [0.3, 0.4) is 0 Å². The summed E-state index contributed by atoms with van der Waals surface area (Å²) < 4.78 is 0. The number of likely N-dealkylation sites (N-methyl/N-ethyl adjacent to an activating group) is 1. The van der Waals surface area contributed by atoms with Crippen molar-refractivity contribution in [1.29, 1.82) is 0 Å². The molecule has 1 atom stereocenters. The standard InChI is InChI=1S/C5H11NO3/c1-4(7)5(8)6(2)9-3/h4,7H,1-3H3. The van der Waals surface area contributed by atoms with Gasteiger partial charge in [0.15, 0.2) is 0 Å². The van der Waals surface area contributed by atoms with Crippen LogP contribution in [0.2, 0.25) is 0 Å². The molecule has 1 N–H and O–H groups in total. The molecule has 4 nitrogen and oxygen atoms in total. The van der Waals surface area contributed by atoms with Gasteiger partial charge in [-0.3, -0.25) is 9.63 Å². The van der Waals surface area contributed by atoms with Crippen molar-refractivity contribution in [1.82, 2.24) is 5.06 Å². The van der Waals surface area contributed by atoms with Gasteiger partial charge in [0.25, 0.3) is 5.91 Å². The van der Waals surface area contributed by atoms with Crippen LogP contribution in [0.4, 0.5) is 0 Å². The molecule has 54 valence electrons. The van der Waals surface area contributed by atoms with E-state index in [1.54, 1.807) is 0 Å². The summed E-state index contributed by atoms with van der Waals surface area (Å²) >= 11 is 0. The third kappa shape index (κ3) is 2.43. The van der Waals surface area contributed by atoms with Crippen LogP contribution in [0.1, 0.15) is 6.92 Å². The van der Waals surface area contributed by atoms with E-state index in [2.05, 4.69) is 4.84 Å². The van der Waals surface area contributed by atoms with Crippen LogP contribution in [0, 0.1) is 0 Å². The van der Waals surface area contributed by atoms with Crippen molar-refractivity contribution in [3.05, 3.63) is 0 Å². The van der Waals surface area contributed by atoms with Gasteiger partial charge in [-0.15, -0.1) is 0 Å². The predicted molar refractivity (Wildman–Crippen MR) is 31.5 cm³/mol. The number of carbonyl (C=O) groups is 1. The van der Waals surface area contributed by atoms with Crippen LogP contribution < -0.4 is 0 Å². The average Bonchev–Trinajstić information content (AvgIpc) is 1.84. The molecule has 0 aromatic rings. The minimum absolute atomic E-state index is 0.447. The lowest BCUT2D eigenvalue weighted by Gasteiger charge is -2.14. The molecule has 0 aromatic heterocycles. The van der Waals surface area contributed by atoms with Crippen LogP contribution in [0.5, 0.6) is 0 Å². The highest BCUT2D eigenvalue weighted by Crippen LogP contribution is 1.89. The van der Waals surface area contributed by atoms with Crippen LogP contribution in [0.25, 0.3) is 0 Å². The molecular weight excluding hydrogens is 122 g/mol. The van der Waals surface area contributed by atoms with E-state index >= 15 is 0 Å². The van der Waals surface area contributed by atoms with E-state index in [0.717, 1.165) is 5.06 Å². The molecule has 0 aromatic carbocycles. The lowest BCUT2D eigenvalue weighted by Crippen LogP contribution is -2.33. The molecule has 0 aliphatic carbocycles. The number of amides is 1. The molecule has 4 heteroatoms. The molecular formula is C5H11NO3. The van der Waals surface area contributed by atoms with E-state index in [-0.39, 0.29) is 0 Å². The summed E-state index contributed by atoms with van der Waals surface area (Å²) in [6, 6.07) is 0. The van der Waals surface area contributed by atoms with Gasteiger partial charge in [-0.1, -0.05) is 0 Å². The van der Waals surface area contributed by atoms with Crippen LogP contribution in [-0.2, 0) is 9.63 Å². The molecule has 0 fully saturated rings. The fourth-order valence-corrected chi connectivity index (χ4v) is 0.353. The lowest BCUT2D eigenvalue weighted by atomic mass is 10.4. The molecule has 1 unspecified atom stereocenters. The van der Waals surface area contributed by atoms with Gasteiger partial charge >= 0.3 is 0 Å². The van der Waals surface area contributed by atoms with Gasteiger partial charge in [0.1, 0.15) is 6.10 Å². The zero-order valence-corrected chi connectivity index (χ0v) is 5.79. The SMILES string of the molecule is CON(C)C(=O)C(C)O. The molecule has 0 radical (unpaired) electrons. The molecule has 0 heterocycles. The van der Waals surface area contributed by atoms with Gasteiger partial charge < -0.3 is 5.11 Å². The molecule has 0 aliphatic rings. The number of hydrogen-bond donors (Lipinski definition) is 1. The van der Waals surface area contributed by atoms with Crippen molar-refractivity contribution in [3.8, 4) is 0 Å². The van der Waals surface area contributed by atoms with E-state index < -0.39 is 12.0 Å². The van der Waals surface area contributed by atoms with Crippen molar-refractivity contribution in [2.24, 2.45) is 0 Å². The predicted octanol–water partition coefficient (Wildman–Crippen LogP) is -0.613. The van der Waals surface area contributed by atoms with Crippen molar-refractivity contribution < 1.29 is 14.7 Å². The second kappa shape index (κ2) is 3.42. The Morgan fingerprint density at radius 3 is 2.33 bits per heavy atom. The number of carbonyl (C=O) groups excluding carboxylic acids is 1. The van der Waals surface area contributed by atoms with Crippen LogP contribution in [0.15, 0.2) is 0 Å². The summed E-state index contributed by atoms with van der Waals surface area (Å²) in [7, 11) is 2.80. The smallest absolute Gasteiger partial charge is 0.274 e. The molecule has 0 rings (SSSR count). The summed E-state index contributed by atoms with van der Waals surface area (Å²) in [5.74, 6) is -0.447. The van der Waals surface area contributed by atoms with Crippen molar-refractivity contribution in [2.75, 3.05) is 14.2 Å². The van der Waals surface area contributed by atoms with E-state index in [9.17, 15) is 4.79 Å². The Bertz CT molecular complexity index is 102. The third-order valence-corrected chi connectivity index (χ3v) is 0.942. The maximum absolute atomic E-state index is 10.6. The third-order valence-electron chi connectivity index (χ3n) is 0.942. The molecule has 0 aliphatic heterocycles. The second-order valence-electron chi connectivity index (χ2n) is 1.69. The molecule has 0 saturated carbocycles. The second-order valence-corrected chi connectivity index (χ2v) is 1.69. The summed E-state index contributed by atoms with van der Waals surface area (Å²) in [6.45, 7) is 1.39. The fourth-order valence-electron chi connectivity index (χ4n) is 0.353. The lowest BCUT2D eigenvalue weighted by molar-refractivity contribution is -0.176. The zero-order valence-electron chi connectivity index (χ0n) is 5.79. The summed E-state index contributed by atoms with van der Waals surface area (Å²) in [5, 5.41) is 9.63. The highest BCUT2D eigenvalue weighted by Gasteiger charge is 2.12. The Hall–Kier alpha value is -0.610. The highest BCUT2D eigenvalue weighted by atomic mass is 16.7.